The van der Waals surface area contributed by atoms with E-state index < -0.39 is 21.1 Å². The summed E-state index contributed by atoms with van der Waals surface area (Å²) in [6.45, 7) is 0. The minimum Gasteiger partial charge on any atom is -0.316 e. The van der Waals surface area contributed by atoms with Crippen LogP contribution in [0.3, 0.4) is 0 Å². The van der Waals surface area contributed by atoms with Crippen molar-refractivity contribution in [2.24, 2.45) is 0 Å². The molecule has 8 heteroatoms. The average Bonchev–Trinajstić information content (AvgIpc) is 2.70. The Bertz CT molecular complexity index is 1410. The first-order valence-corrected chi connectivity index (χ1v) is 10.3. The Morgan fingerprint density at radius 2 is 1.41 bits per heavy atom. The van der Waals surface area contributed by atoms with Crippen LogP contribution in [0.15, 0.2) is 87.3 Å². The molecule has 0 saturated heterocycles. The molecule has 4 aromatic rings. The molecular weight excluding hydrogens is 390 g/mol. The summed E-state index contributed by atoms with van der Waals surface area (Å²) in [5, 5.41) is 0. The zero-order valence-corrected chi connectivity index (χ0v) is 16.0. The van der Waals surface area contributed by atoms with Gasteiger partial charge in [-0.05, 0) is 41.8 Å². The fraction of sp³-hybridized carbons (Fsp3) is 0.0476. The number of hydrogen-bond donors (Lipinski definition) is 3. The molecule has 0 bridgehead atoms. The van der Waals surface area contributed by atoms with Gasteiger partial charge < -0.3 is 9.97 Å². The standard InChI is InChI=1S/C21H17N3O4S/c25-20-21(26)23-19-13-16(10-11-18(19)22-20)29(27,28)24-17-9-5-4-8-15(17)12-14-6-2-1-3-7-14/h1-11,13,24H,12H2,(H,22,25)(H,23,26). The second-order valence-corrected chi connectivity index (χ2v) is 8.22. The molecule has 1 heterocycles. The molecule has 146 valence electrons. The van der Waals surface area contributed by atoms with Crippen molar-refractivity contribution in [3.8, 4) is 0 Å². The number of hydrogen-bond acceptors (Lipinski definition) is 4. The summed E-state index contributed by atoms with van der Waals surface area (Å²) in [5.41, 5.74) is 1.32. The summed E-state index contributed by atoms with van der Waals surface area (Å²) in [6.07, 6.45) is 0.575. The first-order chi connectivity index (χ1) is 13.9. The number of aromatic nitrogens is 2. The summed E-state index contributed by atoms with van der Waals surface area (Å²) in [7, 11) is -3.91. The van der Waals surface area contributed by atoms with E-state index in [-0.39, 0.29) is 10.4 Å². The minimum atomic E-state index is -3.91. The fourth-order valence-electron chi connectivity index (χ4n) is 3.05. The third kappa shape index (κ3) is 3.97. The molecule has 0 amide bonds. The summed E-state index contributed by atoms with van der Waals surface area (Å²) in [6, 6.07) is 21.1. The van der Waals surface area contributed by atoms with Crippen LogP contribution < -0.4 is 15.8 Å². The topological polar surface area (TPSA) is 112 Å². The SMILES string of the molecule is O=c1[nH]c2ccc(S(=O)(=O)Nc3ccccc3Cc3ccccc3)cc2[nH]c1=O. The molecule has 0 aliphatic rings. The first-order valence-electron chi connectivity index (χ1n) is 8.83. The van der Waals surface area contributed by atoms with Gasteiger partial charge in [0.1, 0.15) is 0 Å². The number of nitrogens with one attached hydrogen (secondary N) is 3. The lowest BCUT2D eigenvalue weighted by atomic mass is 10.0. The molecule has 4 rings (SSSR count). The molecule has 3 N–H and O–H groups in total. The van der Waals surface area contributed by atoms with Crippen LogP contribution in [0.1, 0.15) is 11.1 Å². The van der Waals surface area contributed by atoms with Crippen molar-refractivity contribution in [1.29, 1.82) is 0 Å². The van der Waals surface area contributed by atoms with Crippen molar-refractivity contribution in [2.45, 2.75) is 11.3 Å². The van der Waals surface area contributed by atoms with Gasteiger partial charge in [-0.2, -0.15) is 0 Å². The van der Waals surface area contributed by atoms with E-state index >= 15 is 0 Å². The summed E-state index contributed by atoms with van der Waals surface area (Å²) in [4.78, 5) is 27.7. The second kappa shape index (κ2) is 7.40. The van der Waals surface area contributed by atoms with Crippen molar-refractivity contribution in [3.05, 3.63) is 105 Å². The van der Waals surface area contributed by atoms with Gasteiger partial charge in [-0.1, -0.05) is 48.5 Å². The zero-order chi connectivity index (χ0) is 20.4. The highest BCUT2D eigenvalue weighted by atomic mass is 32.2. The zero-order valence-electron chi connectivity index (χ0n) is 15.2. The normalized spacial score (nSPS) is 11.4. The predicted octanol–water partition coefficient (Wildman–Crippen LogP) is 2.61. The van der Waals surface area contributed by atoms with Crippen LogP contribution in [0.5, 0.6) is 0 Å². The summed E-state index contributed by atoms with van der Waals surface area (Å²) in [5.74, 6) is 0. The minimum absolute atomic E-state index is 0.0257. The Hall–Kier alpha value is -3.65. The van der Waals surface area contributed by atoms with Crippen molar-refractivity contribution >= 4 is 26.7 Å². The maximum Gasteiger partial charge on any atom is 0.314 e. The molecule has 0 aliphatic heterocycles. The molecular formula is C21H17N3O4S. The van der Waals surface area contributed by atoms with Gasteiger partial charge in [0, 0.05) is 0 Å². The third-order valence-electron chi connectivity index (χ3n) is 4.50. The molecule has 1 aromatic heterocycles. The van der Waals surface area contributed by atoms with Crippen LogP contribution in [0, 0.1) is 0 Å². The Labute approximate surface area is 166 Å². The molecule has 0 atom stereocenters. The quantitative estimate of drug-likeness (QED) is 0.442. The maximum absolute atomic E-state index is 12.9. The third-order valence-corrected chi connectivity index (χ3v) is 5.87. The van der Waals surface area contributed by atoms with E-state index in [1.54, 1.807) is 12.1 Å². The Morgan fingerprint density at radius 3 is 2.17 bits per heavy atom. The molecule has 7 nitrogen and oxygen atoms in total. The maximum atomic E-state index is 12.9. The molecule has 0 spiro atoms. The molecule has 3 aromatic carbocycles. The highest BCUT2D eigenvalue weighted by molar-refractivity contribution is 7.92. The van der Waals surface area contributed by atoms with Crippen LogP contribution in [0.4, 0.5) is 5.69 Å². The van der Waals surface area contributed by atoms with Gasteiger partial charge in [0.15, 0.2) is 0 Å². The van der Waals surface area contributed by atoms with Crippen molar-refractivity contribution in [2.75, 3.05) is 4.72 Å². The Morgan fingerprint density at radius 1 is 0.759 bits per heavy atom. The van der Waals surface area contributed by atoms with Gasteiger partial charge in [0.25, 0.3) is 10.0 Å². The van der Waals surface area contributed by atoms with E-state index in [2.05, 4.69) is 14.7 Å². The van der Waals surface area contributed by atoms with Crippen LogP contribution in [-0.4, -0.2) is 18.4 Å². The lowest BCUT2D eigenvalue weighted by Gasteiger charge is -2.13. The number of para-hydroxylation sites is 1. The first kappa shape index (κ1) is 18.7. The van der Waals surface area contributed by atoms with Crippen molar-refractivity contribution < 1.29 is 8.42 Å². The molecule has 0 unspecified atom stereocenters. The number of fused-ring (bicyclic) bond motifs is 1. The second-order valence-electron chi connectivity index (χ2n) is 6.54. The molecule has 0 saturated carbocycles. The van der Waals surface area contributed by atoms with Gasteiger partial charge in [0.2, 0.25) is 0 Å². The Balaban J connectivity index is 1.69. The van der Waals surface area contributed by atoms with E-state index in [4.69, 9.17) is 0 Å². The van der Waals surface area contributed by atoms with Crippen molar-refractivity contribution in [3.63, 3.8) is 0 Å². The number of benzene rings is 3. The number of sulfonamides is 1. The highest BCUT2D eigenvalue weighted by Gasteiger charge is 2.17. The van der Waals surface area contributed by atoms with Crippen LogP contribution in [0.25, 0.3) is 11.0 Å². The summed E-state index contributed by atoms with van der Waals surface area (Å²) < 4.78 is 28.5. The largest absolute Gasteiger partial charge is 0.316 e. The lowest BCUT2D eigenvalue weighted by Crippen LogP contribution is -2.29. The lowest BCUT2D eigenvalue weighted by molar-refractivity contribution is 0.601. The van der Waals surface area contributed by atoms with Gasteiger partial charge in [0.05, 0.1) is 21.6 Å². The predicted molar refractivity (Wildman–Crippen MR) is 112 cm³/mol. The molecule has 0 fully saturated rings. The van der Waals surface area contributed by atoms with Crippen LogP contribution in [0.2, 0.25) is 0 Å². The van der Waals surface area contributed by atoms with Gasteiger partial charge >= 0.3 is 11.1 Å². The van der Waals surface area contributed by atoms with E-state index in [0.29, 0.717) is 17.6 Å². The van der Waals surface area contributed by atoms with E-state index in [1.807, 2.05) is 42.5 Å². The fourth-order valence-corrected chi connectivity index (χ4v) is 4.18. The van der Waals surface area contributed by atoms with Crippen molar-refractivity contribution in [1.82, 2.24) is 9.97 Å². The molecule has 29 heavy (non-hydrogen) atoms. The Kier molecular flexibility index (Phi) is 4.77. The summed E-state index contributed by atoms with van der Waals surface area (Å²) >= 11 is 0. The van der Waals surface area contributed by atoms with E-state index in [1.165, 1.54) is 18.2 Å². The molecule has 0 radical (unpaired) electrons. The average molecular weight is 407 g/mol. The highest BCUT2D eigenvalue weighted by Crippen LogP contribution is 2.23. The number of aromatic amines is 2. The van der Waals surface area contributed by atoms with E-state index in [9.17, 15) is 18.0 Å². The number of anilines is 1. The number of H-pyrrole nitrogens is 2. The number of rotatable bonds is 5. The monoisotopic (exact) mass is 407 g/mol. The van der Waals surface area contributed by atoms with Gasteiger partial charge in [-0.15, -0.1) is 0 Å². The smallest absolute Gasteiger partial charge is 0.314 e. The molecule has 0 aliphatic carbocycles. The van der Waals surface area contributed by atoms with Crippen LogP contribution in [-0.2, 0) is 16.4 Å². The van der Waals surface area contributed by atoms with Gasteiger partial charge in [-0.3, -0.25) is 14.3 Å². The van der Waals surface area contributed by atoms with Crippen LogP contribution >= 0.6 is 0 Å². The van der Waals surface area contributed by atoms with E-state index in [0.717, 1.165) is 11.1 Å². The van der Waals surface area contributed by atoms with Gasteiger partial charge in [-0.25, -0.2) is 8.42 Å².